The molecule has 1 rings (SSSR count). The zero-order chi connectivity index (χ0) is 17.1. The van der Waals surface area contributed by atoms with Crippen molar-refractivity contribution in [3.63, 3.8) is 0 Å². The Bertz CT molecular complexity index is 583. The van der Waals surface area contributed by atoms with E-state index in [9.17, 15) is 18.1 Å². The van der Waals surface area contributed by atoms with Crippen molar-refractivity contribution in [2.75, 3.05) is 5.32 Å². The molecule has 4 nitrogen and oxygen atoms in total. The fourth-order valence-electron chi connectivity index (χ4n) is 1.58. The number of amides is 1. The van der Waals surface area contributed by atoms with E-state index in [0.29, 0.717) is 11.3 Å². The lowest BCUT2D eigenvalue weighted by atomic mass is 10.1. The quantitative estimate of drug-likeness (QED) is 0.673. The van der Waals surface area contributed by atoms with Crippen molar-refractivity contribution in [2.45, 2.75) is 45.8 Å². The number of benzene rings is 1. The third kappa shape index (κ3) is 5.38. The predicted octanol–water partition coefficient (Wildman–Crippen LogP) is 3.85. The van der Waals surface area contributed by atoms with Crippen LogP contribution in [0.15, 0.2) is 22.6 Å². The SMILES string of the molecule is CC(=O)Nc1cc(/C(C)=N\[S@+]([O-])C(C)(C)C)cc(C(F)F)c1. The molecule has 1 atom stereocenters. The number of hydrogen-bond donors (Lipinski definition) is 1. The van der Waals surface area contributed by atoms with Gasteiger partial charge in [-0.05, 0) is 45.9 Å². The summed E-state index contributed by atoms with van der Waals surface area (Å²) in [5, 5.41) is 2.48. The van der Waals surface area contributed by atoms with Gasteiger partial charge >= 0.3 is 0 Å². The summed E-state index contributed by atoms with van der Waals surface area (Å²) >= 11 is -1.49. The van der Waals surface area contributed by atoms with Crippen LogP contribution in [0.1, 0.15) is 52.2 Å². The maximum atomic E-state index is 13.0. The summed E-state index contributed by atoms with van der Waals surface area (Å²) in [5.41, 5.74) is 0.815. The van der Waals surface area contributed by atoms with Gasteiger partial charge in [-0.2, -0.15) is 0 Å². The predicted molar refractivity (Wildman–Crippen MR) is 85.8 cm³/mol. The number of alkyl halides is 2. The van der Waals surface area contributed by atoms with Crippen LogP contribution in [0.2, 0.25) is 0 Å². The number of hydrogen-bond acceptors (Lipinski definition) is 3. The molecule has 1 amide bonds. The van der Waals surface area contributed by atoms with Crippen LogP contribution < -0.4 is 5.32 Å². The van der Waals surface area contributed by atoms with E-state index < -0.39 is 22.5 Å². The van der Waals surface area contributed by atoms with Gasteiger partial charge in [-0.1, -0.05) is 4.40 Å². The van der Waals surface area contributed by atoms with E-state index in [2.05, 4.69) is 9.71 Å². The Kier molecular flexibility index (Phi) is 6.08. The maximum Gasteiger partial charge on any atom is 0.263 e. The zero-order valence-electron chi connectivity index (χ0n) is 13.2. The van der Waals surface area contributed by atoms with Crippen molar-refractivity contribution in [3.05, 3.63) is 29.3 Å². The van der Waals surface area contributed by atoms with Crippen molar-refractivity contribution in [1.29, 1.82) is 0 Å². The van der Waals surface area contributed by atoms with Gasteiger partial charge in [-0.25, -0.2) is 8.78 Å². The van der Waals surface area contributed by atoms with Crippen LogP contribution in [0.25, 0.3) is 0 Å². The van der Waals surface area contributed by atoms with Gasteiger partial charge in [0.25, 0.3) is 6.43 Å². The monoisotopic (exact) mass is 330 g/mol. The number of nitrogens with zero attached hydrogens (tertiary/aromatic N) is 1. The van der Waals surface area contributed by atoms with E-state index in [-0.39, 0.29) is 17.2 Å². The van der Waals surface area contributed by atoms with Gasteiger partial charge in [-0.3, -0.25) is 4.79 Å². The van der Waals surface area contributed by atoms with Crippen LogP contribution in [0, 0.1) is 0 Å². The largest absolute Gasteiger partial charge is 0.591 e. The molecule has 0 saturated heterocycles. The normalized spacial score (nSPS) is 14.1. The van der Waals surface area contributed by atoms with E-state index in [0.717, 1.165) is 0 Å². The summed E-state index contributed by atoms with van der Waals surface area (Å²) < 4.78 is 41.5. The molecular formula is C15H20F2N2O2S. The third-order valence-corrected chi connectivity index (χ3v) is 4.18. The average molecular weight is 330 g/mol. The smallest absolute Gasteiger partial charge is 0.263 e. The first kappa shape index (κ1) is 18.6. The Hall–Kier alpha value is -1.47. The van der Waals surface area contributed by atoms with Gasteiger partial charge in [0, 0.05) is 23.7 Å². The first-order valence-electron chi connectivity index (χ1n) is 6.69. The molecule has 0 aromatic heterocycles. The standard InChI is InChI=1S/C15H20F2N2O2S/c1-9(19-22(21)15(3,4)5)11-6-12(14(16)17)8-13(7-11)18-10(2)20/h6-8,14H,1-5H3,(H,18,20)/b19-9-/t22-/m1/s1. The van der Waals surface area contributed by atoms with Crippen molar-refractivity contribution in [1.82, 2.24) is 0 Å². The van der Waals surface area contributed by atoms with Gasteiger partial charge in [0.15, 0.2) is 0 Å². The molecule has 7 heteroatoms. The number of halogens is 2. The zero-order valence-corrected chi connectivity index (χ0v) is 14.1. The first-order valence-corrected chi connectivity index (χ1v) is 7.79. The summed E-state index contributed by atoms with van der Waals surface area (Å²) in [6.07, 6.45) is -2.67. The van der Waals surface area contributed by atoms with Crippen LogP contribution in [0.3, 0.4) is 0 Å². The van der Waals surface area contributed by atoms with Crippen molar-refractivity contribution in [2.24, 2.45) is 4.40 Å². The lowest BCUT2D eigenvalue weighted by Crippen LogP contribution is -2.26. The van der Waals surface area contributed by atoms with E-state index >= 15 is 0 Å². The van der Waals surface area contributed by atoms with E-state index in [4.69, 9.17) is 0 Å². The highest BCUT2D eigenvalue weighted by Gasteiger charge is 2.27. The summed E-state index contributed by atoms with van der Waals surface area (Å²) in [4.78, 5) is 11.1. The van der Waals surface area contributed by atoms with Gasteiger partial charge in [-0.15, -0.1) is 0 Å². The summed E-state index contributed by atoms with van der Waals surface area (Å²) in [6.45, 7) is 8.23. The highest BCUT2D eigenvalue weighted by molar-refractivity contribution is 7.91. The Balaban J connectivity index is 3.24. The number of carbonyl (C=O) groups is 1. The molecular weight excluding hydrogens is 310 g/mol. The molecule has 0 aliphatic carbocycles. The maximum absolute atomic E-state index is 13.0. The third-order valence-electron chi connectivity index (χ3n) is 2.69. The van der Waals surface area contributed by atoms with Crippen molar-refractivity contribution >= 4 is 28.7 Å². The molecule has 0 bridgehead atoms. The van der Waals surface area contributed by atoms with Gasteiger partial charge in [0.05, 0.1) is 5.71 Å². The molecule has 0 fully saturated rings. The number of carbonyl (C=O) groups excluding carboxylic acids is 1. The summed E-state index contributed by atoms with van der Waals surface area (Å²) in [7, 11) is 0. The minimum Gasteiger partial charge on any atom is -0.591 e. The lowest BCUT2D eigenvalue weighted by Gasteiger charge is -2.19. The van der Waals surface area contributed by atoms with Crippen molar-refractivity contribution < 1.29 is 18.1 Å². The van der Waals surface area contributed by atoms with E-state index in [1.165, 1.54) is 25.1 Å². The van der Waals surface area contributed by atoms with Gasteiger partial charge < -0.3 is 9.87 Å². The summed E-state index contributed by atoms with van der Waals surface area (Å²) in [5.74, 6) is -0.356. The molecule has 0 aliphatic rings. The minimum atomic E-state index is -2.67. The number of rotatable bonds is 4. The second-order valence-corrected chi connectivity index (χ2v) is 7.77. The second kappa shape index (κ2) is 7.19. The van der Waals surface area contributed by atoms with Gasteiger partial charge in [0.2, 0.25) is 5.91 Å². The topological polar surface area (TPSA) is 64.5 Å². The molecule has 0 spiro atoms. The molecule has 22 heavy (non-hydrogen) atoms. The first-order chi connectivity index (χ1) is 10.0. The average Bonchev–Trinajstić information content (AvgIpc) is 2.36. The number of nitrogens with one attached hydrogen (secondary N) is 1. The molecule has 0 saturated carbocycles. The lowest BCUT2D eigenvalue weighted by molar-refractivity contribution is -0.114. The van der Waals surface area contributed by atoms with Crippen LogP contribution in [-0.2, 0) is 16.2 Å². The minimum absolute atomic E-state index is 0.225. The van der Waals surface area contributed by atoms with Crippen LogP contribution in [-0.4, -0.2) is 20.9 Å². The Labute approximate surface area is 132 Å². The summed E-state index contributed by atoms with van der Waals surface area (Å²) in [6, 6.07) is 4.03. The van der Waals surface area contributed by atoms with Crippen LogP contribution in [0.5, 0.6) is 0 Å². The molecule has 1 N–H and O–H groups in total. The molecule has 122 valence electrons. The highest BCUT2D eigenvalue weighted by atomic mass is 32.2. The molecule has 1 aromatic rings. The second-order valence-electron chi connectivity index (χ2n) is 5.86. The Morgan fingerprint density at radius 3 is 2.32 bits per heavy atom. The van der Waals surface area contributed by atoms with Gasteiger partial charge in [0.1, 0.15) is 16.1 Å². The molecule has 0 unspecified atom stereocenters. The molecule has 1 aromatic carbocycles. The number of anilines is 1. The van der Waals surface area contributed by atoms with E-state index in [1.807, 2.05) is 0 Å². The fraction of sp³-hybridized carbons (Fsp3) is 0.467. The van der Waals surface area contributed by atoms with Crippen molar-refractivity contribution in [3.8, 4) is 0 Å². The fourth-order valence-corrected chi connectivity index (χ4v) is 2.20. The highest BCUT2D eigenvalue weighted by Crippen LogP contribution is 2.25. The molecule has 0 aliphatic heterocycles. The Morgan fingerprint density at radius 1 is 1.27 bits per heavy atom. The Morgan fingerprint density at radius 2 is 1.86 bits per heavy atom. The van der Waals surface area contributed by atoms with Crippen LogP contribution in [0.4, 0.5) is 14.5 Å². The molecule has 0 radical (unpaired) electrons. The van der Waals surface area contributed by atoms with Crippen LogP contribution >= 0.6 is 0 Å². The van der Waals surface area contributed by atoms with E-state index in [1.54, 1.807) is 27.7 Å². The molecule has 0 heterocycles.